The van der Waals surface area contributed by atoms with Crippen LogP contribution in [-0.2, 0) is 6.42 Å². The number of carbonyl (C=O) groups is 2. The average Bonchev–Trinajstić information content (AvgIpc) is 3.36. The van der Waals surface area contributed by atoms with Crippen LogP contribution in [-0.4, -0.2) is 52.0 Å². The van der Waals surface area contributed by atoms with E-state index in [4.69, 9.17) is 21.1 Å². The Labute approximate surface area is 220 Å². The number of pyridine rings is 1. The predicted molar refractivity (Wildman–Crippen MR) is 142 cm³/mol. The molecule has 0 spiro atoms. The number of halogens is 1. The molecule has 8 heteroatoms. The van der Waals surface area contributed by atoms with Crippen LogP contribution in [0.25, 0.3) is 11.0 Å². The summed E-state index contributed by atoms with van der Waals surface area (Å²) in [6.07, 6.45) is 6.94. The lowest BCUT2D eigenvalue weighted by atomic mass is 9.76. The quantitative estimate of drug-likeness (QED) is 0.373. The first kappa shape index (κ1) is 25.0. The van der Waals surface area contributed by atoms with E-state index in [0.717, 1.165) is 43.3 Å². The van der Waals surface area contributed by atoms with Crippen molar-refractivity contribution < 1.29 is 19.1 Å². The lowest BCUT2D eigenvalue weighted by molar-refractivity contribution is 0.0131. The fourth-order valence-electron chi connectivity index (χ4n) is 5.29. The highest BCUT2D eigenvalue weighted by atomic mass is 35.5. The zero-order valence-electron chi connectivity index (χ0n) is 20.2. The Morgan fingerprint density at radius 3 is 2.49 bits per heavy atom. The first-order chi connectivity index (χ1) is 18.0. The summed E-state index contributed by atoms with van der Waals surface area (Å²) in [6, 6.07) is 20.2. The van der Waals surface area contributed by atoms with E-state index in [1.165, 1.54) is 17.7 Å². The molecule has 0 radical (unpaired) electrons. The molecule has 2 aromatic carbocycles. The monoisotopic (exact) mass is 517 g/mol. The van der Waals surface area contributed by atoms with Gasteiger partial charge < -0.3 is 14.8 Å². The number of nitrogens with one attached hydrogen (secondary N) is 1. The Kier molecular flexibility index (Phi) is 7.53. The van der Waals surface area contributed by atoms with E-state index >= 15 is 0 Å². The molecule has 3 saturated heterocycles. The minimum absolute atomic E-state index is 0.110. The highest BCUT2D eigenvalue weighted by molar-refractivity contribution is 6.30. The fourth-order valence-corrected chi connectivity index (χ4v) is 5.42. The molecule has 3 fully saturated rings. The topological polar surface area (TPSA) is 95.7 Å². The van der Waals surface area contributed by atoms with Crippen molar-refractivity contribution >= 4 is 34.4 Å². The Balaban J connectivity index is 0.000000237. The van der Waals surface area contributed by atoms with Crippen molar-refractivity contribution in [1.82, 2.24) is 15.2 Å². The number of carboxylic acids is 1. The highest BCUT2D eigenvalue weighted by Gasteiger charge is 2.43. The van der Waals surface area contributed by atoms with Crippen LogP contribution in [0.3, 0.4) is 0 Å². The summed E-state index contributed by atoms with van der Waals surface area (Å²) in [5.41, 5.74) is 2.23. The molecule has 190 valence electrons. The second-order valence-corrected chi connectivity index (χ2v) is 9.90. The number of fused-ring (bicyclic) bond motifs is 4. The Bertz CT molecular complexity index is 1330. The van der Waals surface area contributed by atoms with E-state index < -0.39 is 5.97 Å². The van der Waals surface area contributed by atoms with Crippen LogP contribution >= 0.6 is 11.6 Å². The summed E-state index contributed by atoms with van der Waals surface area (Å²) >= 11 is 5.52. The van der Waals surface area contributed by atoms with Crippen molar-refractivity contribution in [1.29, 1.82) is 0 Å². The lowest BCUT2D eigenvalue weighted by Gasteiger charge is -2.51. The van der Waals surface area contributed by atoms with Gasteiger partial charge in [-0.25, -0.2) is 4.79 Å². The molecule has 3 aliphatic rings. The number of piperidine rings is 3. The van der Waals surface area contributed by atoms with E-state index in [1.54, 1.807) is 18.3 Å². The van der Waals surface area contributed by atoms with Gasteiger partial charge >= 0.3 is 5.97 Å². The van der Waals surface area contributed by atoms with Gasteiger partial charge in [0.1, 0.15) is 5.58 Å². The van der Waals surface area contributed by atoms with Gasteiger partial charge in [0.15, 0.2) is 5.76 Å². The molecule has 0 saturated carbocycles. The van der Waals surface area contributed by atoms with Crippen molar-refractivity contribution in [2.24, 2.45) is 5.92 Å². The number of furan rings is 1. The molecule has 2 N–H and O–H groups in total. The van der Waals surface area contributed by atoms with E-state index in [0.29, 0.717) is 22.7 Å². The summed E-state index contributed by atoms with van der Waals surface area (Å²) in [5.74, 6) is -0.115. The number of carbonyl (C=O) groups excluding carboxylic acids is 1. The summed E-state index contributed by atoms with van der Waals surface area (Å²) < 4.78 is 5.77. The van der Waals surface area contributed by atoms with Crippen molar-refractivity contribution in [2.75, 3.05) is 13.1 Å². The third-order valence-corrected chi connectivity index (χ3v) is 7.42. The Hall–Kier alpha value is -3.68. The normalized spacial score (nSPS) is 22.2. The number of aromatic nitrogens is 1. The van der Waals surface area contributed by atoms with E-state index in [9.17, 15) is 9.59 Å². The molecule has 7 rings (SSSR count). The molecule has 37 heavy (non-hydrogen) atoms. The smallest absolute Gasteiger partial charge is 0.335 e. The Morgan fingerprint density at radius 1 is 1.05 bits per heavy atom. The molecule has 3 aliphatic heterocycles. The van der Waals surface area contributed by atoms with Gasteiger partial charge in [0.2, 0.25) is 0 Å². The van der Waals surface area contributed by atoms with Gasteiger partial charge in [0.25, 0.3) is 5.91 Å². The number of aromatic carboxylic acids is 1. The van der Waals surface area contributed by atoms with Gasteiger partial charge in [0.05, 0.1) is 5.56 Å². The molecular weight excluding hydrogens is 490 g/mol. The molecule has 7 nitrogen and oxygen atoms in total. The van der Waals surface area contributed by atoms with E-state index in [-0.39, 0.29) is 17.5 Å². The summed E-state index contributed by atoms with van der Waals surface area (Å²) in [7, 11) is 0. The molecule has 1 amide bonds. The third-order valence-electron chi connectivity index (χ3n) is 7.17. The molecule has 4 aromatic rings. The highest BCUT2D eigenvalue weighted by Crippen LogP contribution is 2.34. The van der Waals surface area contributed by atoms with Crippen LogP contribution in [0.1, 0.15) is 39.3 Å². The van der Waals surface area contributed by atoms with Crippen LogP contribution in [0.2, 0.25) is 5.02 Å². The zero-order valence-corrected chi connectivity index (χ0v) is 21.0. The standard InChI is InChI=1S/C22H23N3O2.C7H5ClO2/c26-22(20-13-17-5-1-2-6-19(17)27-20)24-21-16-7-10-25(11-8-16)18(21)12-15-4-3-9-23-14-15;8-6-3-1-5(2-4-6)7(9)10/h1-6,9,13-14,16,18,21H,7-8,10-12H2,(H,24,26);1-4H,(H,9,10). The van der Waals surface area contributed by atoms with Crippen LogP contribution in [0.4, 0.5) is 0 Å². The number of amides is 1. The number of benzene rings is 2. The number of rotatable bonds is 5. The number of para-hydroxylation sites is 1. The van der Waals surface area contributed by atoms with Crippen molar-refractivity contribution in [3.8, 4) is 0 Å². The molecule has 2 aromatic heterocycles. The van der Waals surface area contributed by atoms with Crippen molar-refractivity contribution in [3.63, 3.8) is 0 Å². The van der Waals surface area contributed by atoms with Crippen LogP contribution in [0.5, 0.6) is 0 Å². The maximum Gasteiger partial charge on any atom is 0.335 e. The van der Waals surface area contributed by atoms with Gasteiger partial charge in [0, 0.05) is 34.9 Å². The number of hydrogen-bond acceptors (Lipinski definition) is 5. The number of carboxylic acid groups (broad SMARTS) is 1. The van der Waals surface area contributed by atoms with Crippen LogP contribution in [0.15, 0.2) is 83.5 Å². The molecule has 5 heterocycles. The molecule has 2 atom stereocenters. The maximum atomic E-state index is 12.9. The van der Waals surface area contributed by atoms with E-state index in [2.05, 4.69) is 21.3 Å². The summed E-state index contributed by atoms with van der Waals surface area (Å²) in [5, 5.41) is 13.2. The van der Waals surface area contributed by atoms with Crippen LogP contribution < -0.4 is 5.32 Å². The van der Waals surface area contributed by atoms with Crippen molar-refractivity contribution in [3.05, 3.63) is 101 Å². The van der Waals surface area contributed by atoms with Crippen molar-refractivity contribution in [2.45, 2.75) is 31.3 Å². The average molecular weight is 518 g/mol. The molecule has 2 unspecified atom stereocenters. The largest absolute Gasteiger partial charge is 0.478 e. The third kappa shape index (κ3) is 5.84. The first-order valence-electron chi connectivity index (χ1n) is 12.4. The predicted octanol–water partition coefficient (Wildman–Crippen LogP) is 5.30. The minimum atomic E-state index is -0.934. The SMILES string of the molecule is O=C(NC1C2CCN(CC2)C1Cc1cccnc1)c1cc2ccccc2o1.O=C(O)c1ccc(Cl)cc1. The number of hydrogen-bond donors (Lipinski definition) is 2. The maximum absolute atomic E-state index is 12.9. The molecule has 0 aliphatic carbocycles. The first-order valence-corrected chi connectivity index (χ1v) is 12.8. The second-order valence-electron chi connectivity index (χ2n) is 9.47. The van der Waals surface area contributed by atoms with Gasteiger partial charge in [-0.15, -0.1) is 0 Å². The second kappa shape index (κ2) is 11.2. The van der Waals surface area contributed by atoms with E-state index in [1.807, 2.05) is 42.6 Å². The lowest BCUT2D eigenvalue weighted by Crippen LogP contribution is -2.64. The fraction of sp³-hybridized carbons (Fsp3) is 0.276. The van der Waals surface area contributed by atoms with Gasteiger partial charge in [-0.05, 0) is 86.3 Å². The number of nitrogens with zero attached hydrogens (tertiary/aromatic N) is 2. The molecule has 2 bridgehead atoms. The Morgan fingerprint density at radius 2 is 1.81 bits per heavy atom. The minimum Gasteiger partial charge on any atom is -0.478 e. The molecular formula is C29H28ClN3O4. The summed E-state index contributed by atoms with van der Waals surface area (Å²) in [4.78, 5) is 30.0. The van der Waals surface area contributed by atoms with Gasteiger partial charge in [-0.3, -0.25) is 14.7 Å². The van der Waals surface area contributed by atoms with Gasteiger partial charge in [-0.2, -0.15) is 0 Å². The van der Waals surface area contributed by atoms with Crippen LogP contribution in [0, 0.1) is 5.92 Å². The zero-order chi connectivity index (χ0) is 25.8. The summed E-state index contributed by atoms with van der Waals surface area (Å²) in [6.45, 7) is 2.24. The van der Waals surface area contributed by atoms with Gasteiger partial charge in [-0.1, -0.05) is 35.9 Å².